The van der Waals surface area contributed by atoms with Crippen molar-refractivity contribution in [3.05, 3.63) is 0 Å². The molecule has 0 aliphatic rings. The van der Waals surface area contributed by atoms with Crippen LogP contribution in [0.3, 0.4) is 0 Å². The molecule has 96 valence electrons. The summed E-state index contributed by atoms with van der Waals surface area (Å²) < 4.78 is 21.9. The van der Waals surface area contributed by atoms with Crippen LogP contribution in [0.4, 0.5) is 0 Å². The molecular formula is C10H22N2O3S. The van der Waals surface area contributed by atoms with E-state index < -0.39 is 15.9 Å². The summed E-state index contributed by atoms with van der Waals surface area (Å²) >= 11 is 0. The molecule has 0 unspecified atom stereocenters. The summed E-state index contributed by atoms with van der Waals surface area (Å²) in [5, 5.41) is 0. The first-order chi connectivity index (χ1) is 7.28. The lowest BCUT2D eigenvalue weighted by atomic mass is 10.1. The number of likely N-dealkylation sites (N-methyl/N-ethyl adjacent to an activating group) is 1. The molecule has 0 aliphatic heterocycles. The van der Waals surface area contributed by atoms with Gasteiger partial charge in [-0.15, -0.1) is 0 Å². The Morgan fingerprint density at radius 2 is 2.00 bits per heavy atom. The summed E-state index contributed by atoms with van der Waals surface area (Å²) in [6, 6.07) is -0.510. The molecule has 1 amide bonds. The topological polar surface area (TPSA) is 80.5 Å². The minimum Gasteiger partial charge on any atom is -0.343 e. The van der Waals surface area contributed by atoms with E-state index in [0.717, 1.165) is 19.1 Å². The smallest absolute Gasteiger partial charge is 0.239 e. The summed E-state index contributed by atoms with van der Waals surface area (Å²) in [7, 11) is -1.45. The molecule has 5 nitrogen and oxygen atoms in total. The van der Waals surface area contributed by atoms with Crippen LogP contribution in [0.25, 0.3) is 0 Å². The average Bonchev–Trinajstić information content (AvgIpc) is 2.20. The maximum atomic E-state index is 11.7. The monoisotopic (exact) mass is 250 g/mol. The fourth-order valence-electron chi connectivity index (χ4n) is 1.24. The zero-order valence-electron chi connectivity index (χ0n) is 10.3. The Kier molecular flexibility index (Phi) is 6.59. The van der Waals surface area contributed by atoms with Gasteiger partial charge in [-0.25, -0.2) is 8.42 Å². The van der Waals surface area contributed by atoms with E-state index in [1.54, 1.807) is 7.05 Å². The minimum absolute atomic E-state index is 0.0181. The number of nitrogens with zero attached hydrogens (tertiary/aromatic N) is 1. The number of rotatable bonds is 7. The first-order valence-electron chi connectivity index (χ1n) is 5.46. The molecule has 0 bridgehead atoms. The minimum atomic E-state index is -3.03. The molecule has 0 rings (SSSR count). The van der Waals surface area contributed by atoms with Crippen LogP contribution in [0.2, 0.25) is 0 Å². The zero-order valence-corrected chi connectivity index (χ0v) is 11.1. The molecule has 0 spiro atoms. The Morgan fingerprint density at radius 1 is 1.44 bits per heavy atom. The fraction of sp³-hybridized carbons (Fsp3) is 0.900. The normalized spacial score (nSPS) is 13.5. The van der Waals surface area contributed by atoms with Crippen LogP contribution in [-0.2, 0) is 14.6 Å². The fourth-order valence-corrected chi connectivity index (χ4v) is 1.85. The Bertz CT molecular complexity index is 314. The van der Waals surface area contributed by atoms with E-state index in [4.69, 9.17) is 5.73 Å². The molecule has 16 heavy (non-hydrogen) atoms. The average molecular weight is 250 g/mol. The third-order valence-corrected chi connectivity index (χ3v) is 3.28. The molecule has 0 aromatic rings. The standard InChI is InChI=1S/C10H22N2O3S/c1-4-5-6-9(11)10(13)12(2)7-8-16(3,14)15/h9H,4-8,11H2,1-3H3/t9-/m0/s1. The van der Waals surface area contributed by atoms with Gasteiger partial charge in [-0.3, -0.25) is 4.79 Å². The molecule has 0 saturated heterocycles. The molecule has 0 aliphatic carbocycles. The van der Waals surface area contributed by atoms with Crippen LogP contribution < -0.4 is 5.73 Å². The van der Waals surface area contributed by atoms with Crippen LogP contribution in [0.15, 0.2) is 0 Å². The number of amides is 1. The Morgan fingerprint density at radius 3 is 2.44 bits per heavy atom. The second kappa shape index (κ2) is 6.85. The van der Waals surface area contributed by atoms with Crippen LogP contribution in [-0.4, -0.2) is 50.9 Å². The van der Waals surface area contributed by atoms with Crippen molar-refractivity contribution in [2.45, 2.75) is 32.2 Å². The summed E-state index contributed by atoms with van der Waals surface area (Å²) in [6.45, 7) is 2.24. The highest BCUT2D eigenvalue weighted by Crippen LogP contribution is 2.01. The number of carbonyl (C=O) groups is 1. The van der Waals surface area contributed by atoms with Crippen molar-refractivity contribution in [2.24, 2.45) is 5.73 Å². The molecular weight excluding hydrogens is 228 g/mol. The third kappa shape index (κ3) is 6.79. The quantitative estimate of drug-likeness (QED) is 0.690. The highest BCUT2D eigenvalue weighted by molar-refractivity contribution is 7.90. The molecule has 0 aromatic heterocycles. The number of nitrogens with two attached hydrogens (primary N) is 1. The molecule has 2 N–H and O–H groups in total. The van der Waals surface area contributed by atoms with Gasteiger partial charge in [-0.2, -0.15) is 0 Å². The van der Waals surface area contributed by atoms with Crippen LogP contribution >= 0.6 is 0 Å². The van der Waals surface area contributed by atoms with E-state index in [9.17, 15) is 13.2 Å². The van der Waals surface area contributed by atoms with Gasteiger partial charge < -0.3 is 10.6 Å². The lowest BCUT2D eigenvalue weighted by Gasteiger charge is -2.20. The highest BCUT2D eigenvalue weighted by atomic mass is 32.2. The number of hydrogen-bond donors (Lipinski definition) is 1. The van der Waals surface area contributed by atoms with Gasteiger partial charge in [0.1, 0.15) is 9.84 Å². The lowest BCUT2D eigenvalue weighted by molar-refractivity contribution is -0.131. The summed E-state index contributed by atoms with van der Waals surface area (Å²) in [6.07, 6.45) is 3.71. The van der Waals surface area contributed by atoms with E-state index in [1.807, 2.05) is 6.92 Å². The van der Waals surface area contributed by atoms with Crippen molar-refractivity contribution in [3.63, 3.8) is 0 Å². The first kappa shape index (κ1) is 15.4. The van der Waals surface area contributed by atoms with Crippen molar-refractivity contribution in [2.75, 3.05) is 25.6 Å². The van der Waals surface area contributed by atoms with Gasteiger partial charge in [0.2, 0.25) is 5.91 Å². The maximum absolute atomic E-state index is 11.7. The van der Waals surface area contributed by atoms with Crippen molar-refractivity contribution in [1.82, 2.24) is 4.90 Å². The van der Waals surface area contributed by atoms with Gasteiger partial charge in [0.15, 0.2) is 0 Å². The van der Waals surface area contributed by atoms with Gasteiger partial charge in [0.05, 0.1) is 11.8 Å². The summed E-state index contributed by atoms with van der Waals surface area (Å²) in [5.74, 6) is -0.201. The number of hydrogen-bond acceptors (Lipinski definition) is 4. The van der Waals surface area contributed by atoms with Crippen LogP contribution in [0.1, 0.15) is 26.2 Å². The van der Waals surface area contributed by atoms with Gasteiger partial charge in [-0.05, 0) is 6.42 Å². The largest absolute Gasteiger partial charge is 0.343 e. The van der Waals surface area contributed by atoms with Crippen molar-refractivity contribution < 1.29 is 13.2 Å². The number of carbonyl (C=O) groups excluding carboxylic acids is 1. The molecule has 1 atom stereocenters. The molecule has 0 fully saturated rings. The van der Waals surface area contributed by atoms with E-state index >= 15 is 0 Å². The van der Waals surface area contributed by atoms with Crippen molar-refractivity contribution in [3.8, 4) is 0 Å². The molecule has 6 heteroatoms. The summed E-state index contributed by atoms with van der Waals surface area (Å²) in [5.41, 5.74) is 5.70. The van der Waals surface area contributed by atoms with Gasteiger partial charge in [-0.1, -0.05) is 19.8 Å². The second-order valence-corrected chi connectivity index (χ2v) is 6.40. The highest BCUT2D eigenvalue weighted by Gasteiger charge is 2.18. The SMILES string of the molecule is CCCC[C@H](N)C(=O)N(C)CCS(C)(=O)=O. The molecule has 0 heterocycles. The molecule has 0 radical (unpaired) electrons. The Labute approximate surface area is 97.9 Å². The Balaban J connectivity index is 4.07. The van der Waals surface area contributed by atoms with E-state index in [-0.39, 0.29) is 18.2 Å². The van der Waals surface area contributed by atoms with Gasteiger partial charge in [0.25, 0.3) is 0 Å². The Hall–Kier alpha value is -0.620. The van der Waals surface area contributed by atoms with Crippen LogP contribution in [0.5, 0.6) is 0 Å². The summed E-state index contributed by atoms with van der Waals surface area (Å²) in [4.78, 5) is 13.1. The predicted octanol–water partition coefficient (Wildman–Crippen LogP) is 0.00690. The van der Waals surface area contributed by atoms with Gasteiger partial charge in [0, 0.05) is 19.8 Å². The van der Waals surface area contributed by atoms with Gasteiger partial charge >= 0.3 is 0 Å². The number of sulfone groups is 1. The van der Waals surface area contributed by atoms with E-state index in [1.165, 1.54) is 4.90 Å². The van der Waals surface area contributed by atoms with E-state index in [0.29, 0.717) is 6.42 Å². The van der Waals surface area contributed by atoms with Crippen molar-refractivity contribution in [1.29, 1.82) is 0 Å². The first-order valence-corrected chi connectivity index (χ1v) is 7.52. The molecule has 0 saturated carbocycles. The third-order valence-electron chi connectivity index (χ3n) is 2.36. The van der Waals surface area contributed by atoms with Crippen LogP contribution in [0, 0.1) is 0 Å². The second-order valence-electron chi connectivity index (χ2n) is 4.14. The molecule has 0 aromatic carbocycles. The number of unbranched alkanes of at least 4 members (excludes halogenated alkanes) is 1. The van der Waals surface area contributed by atoms with Crippen molar-refractivity contribution >= 4 is 15.7 Å². The lowest BCUT2D eigenvalue weighted by Crippen LogP contribution is -2.43. The predicted molar refractivity (Wildman–Crippen MR) is 64.8 cm³/mol. The zero-order chi connectivity index (χ0) is 12.8. The maximum Gasteiger partial charge on any atom is 0.239 e. The van der Waals surface area contributed by atoms with E-state index in [2.05, 4.69) is 0 Å².